The minimum absolute atomic E-state index is 0.0412. The zero-order valence-corrected chi connectivity index (χ0v) is 14.3. The van der Waals surface area contributed by atoms with E-state index in [-0.39, 0.29) is 11.3 Å². The van der Waals surface area contributed by atoms with E-state index in [1.165, 1.54) is 5.56 Å². The number of amides is 1. The third-order valence-electron chi connectivity index (χ3n) is 4.26. The maximum absolute atomic E-state index is 12.4. The quantitative estimate of drug-likeness (QED) is 0.845. The molecule has 1 fully saturated rings. The van der Waals surface area contributed by atoms with Gasteiger partial charge in [0.2, 0.25) is 10.0 Å². The SMILES string of the molecule is CS(=O)(=O)Nc1cccc(C(=O)NCC2(c3ccccc3)CC2)c1. The Hall–Kier alpha value is -2.34. The molecule has 0 atom stereocenters. The molecule has 2 aromatic carbocycles. The lowest BCUT2D eigenvalue weighted by molar-refractivity contribution is 0.0949. The van der Waals surface area contributed by atoms with Crippen molar-refractivity contribution in [2.24, 2.45) is 0 Å². The molecule has 1 aliphatic carbocycles. The van der Waals surface area contributed by atoms with Crippen molar-refractivity contribution in [2.75, 3.05) is 17.5 Å². The molecule has 1 saturated carbocycles. The summed E-state index contributed by atoms with van der Waals surface area (Å²) in [7, 11) is -3.36. The molecule has 1 amide bonds. The number of carbonyl (C=O) groups excluding carboxylic acids is 1. The molecule has 0 bridgehead atoms. The number of sulfonamides is 1. The maximum Gasteiger partial charge on any atom is 0.251 e. The van der Waals surface area contributed by atoms with Gasteiger partial charge in [0.05, 0.1) is 6.26 Å². The standard InChI is InChI=1S/C18H20N2O3S/c1-24(22,23)20-16-9-5-6-14(12-16)17(21)19-13-18(10-11-18)15-7-3-2-4-8-15/h2-9,12,20H,10-11,13H2,1H3,(H,19,21). The number of hydrogen-bond donors (Lipinski definition) is 2. The summed E-state index contributed by atoms with van der Waals surface area (Å²) in [6.07, 6.45) is 3.20. The second-order valence-corrected chi connectivity index (χ2v) is 8.03. The van der Waals surface area contributed by atoms with Crippen molar-refractivity contribution in [1.29, 1.82) is 0 Å². The van der Waals surface area contributed by atoms with Crippen LogP contribution in [0.1, 0.15) is 28.8 Å². The highest BCUT2D eigenvalue weighted by molar-refractivity contribution is 7.92. The summed E-state index contributed by atoms with van der Waals surface area (Å²) in [6.45, 7) is 0.583. The number of nitrogens with one attached hydrogen (secondary N) is 2. The minimum Gasteiger partial charge on any atom is -0.351 e. The molecule has 0 unspecified atom stereocenters. The molecule has 0 radical (unpaired) electrons. The Morgan fingerprint density at radius 2 is 1.79 bits per heavy atom. The first-order valence-electron chi connectivity index (χ1n) is 7.80. The lowest BCUT2D eigenvalue weighted by Gasteiger charge is -2.16. The molecule has 5 nitrogen and oxygen atoms in total. The number of anilines is 1. The van der Waals surface area contributed by atoms with Crippen LogP contribution < -0.4 is 10.0 Å². The molecule has 3 rings (SSSR count). The van der Waals surface area contributed by atoms with E-state index in [4.69, 9.17) is 0 Å². The second-order valence-electron chi connectivity index (χ2n) is 6.28. The summed E-state index contributed by atoms with van der Waals surface area (Å²) in [4.78, 5) is 12.4. The lowest BCUT2D eigenvalue weighted by atomic mass is 9.96. The van der Waals surface area contributed by atoms with E-state index in [1.54, 1.807) is 24.3 Å². The van der Waals surface area contributed by atoms with Gasteiger partial charge in [-0.05, 0) is 36.6 Å². The van der Waals surface area contributed by atoms with Gasteiger partial charge >= 0.3 is 0 Å². The van der Waals surface area contributed by atoms with Crippen LogP contribution in [0.2, 0.25) is 0 Å². The third-order valence-corrected chi connectivity index (χ3v) is 4.86. The van der Waals surface area contributed by atoms with Gasteiger partial charge in [0.25, 0.3) is 5.91 Å². The Kier molecular flexibility index (Phi) is 4.32. The zero-order chi connectivity index (χ0) is 17.2. The van der Waals surface area contributed by atoms with Crippen LogP contribution in [-0.4, -0.2) is 27.1 Å². The molecule has 6 heteroatoms. The summed E-state index contributed by atoms with van der Waals surface area (Å²) >= 11 is 0. The van der Waals surface area contributed by atoms with Gasteiger partial charge in [-0.25, -0.2) is 8.42 Å². The topological polar surface area (TPSA) is 75.3 Å². The van der Waals surface area contributed by atoms with E-state index < -0.39 is 10.0 Å². The average molecular weight is 344 g/mol. The van der Waals surface area contributed by atoms with Gasteiger partial charge in [-0.15, -0.1) is 0 Å². The van der Waals surface area contributed by atoms with Gasteiger partial charge < -0.3 is 5.32 Å². The van der Waals surface area contributed by atoms with Crippen LogP contribution >= 0.6 is 0 Å². The van der Waals surface area contributed by atoms with Crippen LogP contribution in [0, 0.1) is 0 Å². The molecule has 0 spiro atoms. The molecule has 24 heavy (non-hydrogen) atoms. The van der Waals surface area contributed by atoms with Crippen molar-refractivity contribution in [3.05, 3.63) is 65.7 Å². The first kappa shape index (κ1) is 16.5. The van der Waals surface area contributed by atoms with Crippen molar-refractivity contribution in [1.82, 2.24) is 5.32 Å². The van der Waals surface area contributed by atoms with E-state index in [0.29, 0.717) is 17.8 Å². The summed E-state index contributed by atoms with van der Waals surface area (Å²) < 4.78 is 25.0. The fraction of sp³-hybridized carbons (Fsp3) is 0.278. The highest BCUT2D eigenvalue weighted by atomic mass is 32.2. The molecular weight excluding hydrogens is 324 g/mol. The largest absolute Gasteiger partial charge is 0.351 e. The van der Waals surface area contributed by atoms with E-state index in [1.807, 2.05) is 18.2 Å². The number of carbonyl (C=O) groups is 1. The minimum atomic E-state index is -3.36. The summed E-state index contributed by atoms with van der Waals surface area (Å²) in [5, 5.41) is 2.97. The smallest absolute Gasteiger partial charge is 0.251 e. The van der Waals surface area contributed by atoms with Gasteiger partial charge in [-0.1, -0.05) is 36.4 Å². The van der Waals surface area contributed by atoms with Crippen molar-refractivity contribution >= 4 is 21.6 Å². The predicted octanol–water partition coefficient (Wildman–Crippen LogP) is 2.52. The van der Waals surface area contributed by atoms with Crippen molar-refractivity contribution in [3.63, 3.8) is 0 Å². The lowest BCUT2D eigenvalue weighted by Crippen LogP contribution is -2.32. The van der Waals surface area contributed by atoms with Gasteiger partial charge in [-0.2, -0.15) is 0 Å². The zero-order valence-electron chi connectivity index (χ0n) is 13.5. The fourth-order valence-corrected chi connectivity index (χ4v) is 3.35. The van der Waals surface area contributed by atoms with E-state index in [9.17, 15) is 13.2 Å². The van der Waals surface area contributed by atoms with Crippen LogP contribution in [0.15, 0.2) is 54.6 Å². The Balaban J connectivity index is 1.67. The van der Waals surface area contributed by atoms with Gasteiger partial charge in [-0.3, -0.25) is 9.52 Å². The van der Waals surface area contributed by atoms with E-state index in [2.05, 4.69) is 22.2 Å². The van der Waals surface area contributed by atoms with Crippen LogP contribution in [0.25, 0.3) is 0 Å². The monoisotopic (exact) mass is 344 g/mol. The van der Waals surface area contributed by atoms with Gasteiger partial charge in [0, 0.05) is 23.2 Å². The Labute approximate surface area is 142 Å². The predicted molar refractivity (Wildman–Crippen MR) is 94.6 cm³/mol. The molecular formula is C18H20N2O3S. The normalized spacial score (nSPS) is 15.5. The number of benzene rings is 2. The number of rotatable bonds is 6. The maximum atomic E-state index is 12.4. The Morgan fingerprint density at radius 3 is 2.42 bits per heavy atom. The highest BCUT2D eigenvalue weighted by Gasteiger charge is 2.44. The van der Waals surface area contributed by atoms with E-state index >= 15 is 0 Å². The van der Waals surface area contributed by atoms with E-state index in [0.717, 1.165) is 19.1 Å². The number of hydrogen-bond acceptors (Lipinski definition) is 3. The molecule has 1 aliphatic rings. The van der Waals surface area contributed by atoms with Crippen LogP contribution in [-0.2, 0) is 15.4 Å². The molecule has 0 aliphatic heterocycles. The molecule has 0 heterocycles. The third kappa shape index (κ3) is 3.94. The van der Waals surface area contributed by atoms with Crippen LogP contribution in [0.5, 0.6) is 0 Å². The average Bonchev–Trinajstić information content (AvgIpc) is 3.33. The van der Waals surface area contributed by atoms with Crippen molar-refractivity contribution < 1.29 is 13.2 Å². The van der Waals surface area contributed by atoms with Gasteiger partial charge in [0.1, 0.15) is 0 Å². The fourth-order valence-electron chi connectivity index (χ4n) is 2.80. The van der Waals surface area contributed by atoms with Crippen molar-refractivity contribution in [2.45, 2.75) is 18.3 Å². The summed E-state index contributed by atoms with van der Waals surface area (Å²) in [6, 6.07) is 16.7. The molecule has 0 saturated heterocycles. The first-order valence-corrected chi connectivity index (χ1v) is 9.69. The molecule has 126 valence electrons. The highest BCUT2D eigenvalue weighted by Crippen LogP contribution is 2.47. The summed E-state index contributed by atoms with van der Waals surface area (Å²) in [5.74, 6) is -0.200. The van der Waals surface area contributed by atoms with Crippen LogP contribution in [0.4, 0.5) is 5.69 Å². The second kappa shape index (κ2) is 6.28. The molecule has 2 aromatic rings. The van der Waals surface area contributed by atoms with Crippen LogP contribution in [0.3, 0.4) is 0 Å². The molecule has 2 N–H and O–H groups in total. The summed E-state index contributed by atoms with van der Waals surface area (Å²) in [5.41, 5.74) is 2.11. The van der Waals surface area contributed by atoms with Gasteiger partial charge in [0.15, 0.2) is 0 Å². The van der Waals surface area contributed by atoms with Crippen molar-refractivity contribution in [3.8, 4) is 0 Å². The molecule has 0 aromatic heterocycles. The Morgan fingerprint density at radius 1 is 1.08 bits per heavy atom. The Bertz CT molecular complexity index is 844. The first-order chi connectivity index (χ1) is 11.4.